The van der Waals surface area contributed by atoms with Crippen LogP contribution >= 0.6 is 0 Å². The van der Waals surface area contributed by atoms with E-state index >= 15 is 0 Å². The minimum absolute atomic E-state index is 0.230. The molecule has 0 atom stereocenters. The summed E-state index contributed by atoms with van der Waals surface area (Å²) in [5.74, 6) is 0.304. The van der Waals surface area contributed by atoms with Crippen molar-refractivity contribution in [3.8, 4) is 0 Å². The molecule has 0 aliphatic heterocycles. The zero-order valence-corrected chi connectivity index (χ0v) is 9.80. The molecular formula is C12H12N4O2. The number of carbonyl (C=O) groups excluding carboxylic acids is 1. The molecule has 0 spiro atoms. The number of hydrogen-bond donors (Lipinski definition) is 2. The van der Waals surface area contributed by atoms with Gasteiger partial charge in [0.15, 0.2) is 0 Å². The quantitative estimate of drug-likeness (QED) is 0.818. The lowest BCUT2D eigenvalue weighted by Crippen LogP contribution is -2.26. The molecule has 0 bridgehead atoms. The molecule has 0 saturated heterocycles. The van der Waals surface area contributed by atoms with Crippen molar-refractivity contribution in [3.05, 3.63) is 58.0 Å². The molecule has 0 aromatic carbocycles. The summed E-state index contributed by atoms with van der Waals surface area (Å²) in [7, 11) is 0. The summed E-state index contributed by atoms with van der Waals surface area (Å²) < 4.78 is 0. The lowest BCUT2D eigenvalue weighted by Gasteiger charge is -2.04. The van der Waals surface area contributed by atoms with Gasteiger partial charge in [0.1, 0.15) is 11.5 Å². The second-order valence-electron chi connectivity index (χ2n) is 3.71. The van der Waals surface area contributed by atoms with Gasteiger partial charge < -0.3 is 10.3 Å². The number of H-pyrrole nitrogens is 1. The fraction of sp³-hybridized carbons (Fsp3) is 0.167. The van der Waals surface area contributed by atoms with Crippen LogP contribution in [-0.2, 0) is 6.54 Å². The topological polar surface area (TPSA) is 87.7 Å². The lowest BCUT2D eigenvalue weighted by molar-refractivity contribution is 0.0945. The summed E-state index contributed by atoms with van der Waals surface area (Å²) in [4.78, 5) is 33.4. The van der Waals surface area contributed by atoms with Gasteiger partial charge in [-0.1, -0.05) is 6.07 Å². The summed E-state index contributed by atoms with van der Waals surface area (Å²) in [6.45, 7) is 2.07. The molecule has 92 valence electrons. The third-order valence-electron chi connectivity index (χ3n) is 2.28. The Hall–Kier alpha value is -2.50. The van der Waals surface area contributed by atoms with Gasteiger partial charge in [0, 0.05) is 12.3 Å². The first-order valence-corrected chi connectivity index (χ1v) is 5.41. The Labute approximate surface area is 103 Å². The van der Waals surface area contributed by atoms with E-state index in [0.717, 1.165) is 0 Å². The van der Waals surface area contributed by atoms with Crippen molar-refractivity contribution < 1.29 is 4.79 Å². The van der Waals surface area contributed by atoms with Gasteiger partial charge in [-0.15, -0.1) is 0 Å². The van der Waals surface area contributed by atoms with Crippen molar-refractivity contribution in [2.45, 2.75) is 13.5 Å². The SMILES string of the molecule is Cc1nccc(CNC(=O)c2cccc(=O)[nH]2)n1. The van der Waals surface area contributed by atoms with Gasteiger partial charge in [0.2, 0.25) is 5.56 Å². The zero-order valence-electron chi connectivity index (χ0n) is 9.80. The van der Waals surface area contributed by atoms with E-state index in [0.29, 0.717) is 18.1 Å². The van der Waals surface area contributed by atoms with Crippen LogP contribution in [0.1, 0.15) is 22.0 Å². The molecule has 0 unspecified atom stereocenters. The molecule has 2 N–H and O–H groups in total. The van der Waals surface area contributed by atoms with Crippen LogP contribution in [0.5, 0.6) is 0 Å². The van der Waals surface area contributed by atoms with Crippen LogP contribution in [0.2, 0.25) is 0 Å². The summed E-state index contributed by atoms with van der Waals surface area (Å²) in [5.41, 5.74) is 0.642. The number of pyridine rings is 1. The number of hydrogen-bond acceptors (Lipinski definition) is 4. The molecule has 2 aromatic heterocycles. The first-order valence-electron chi connectivity index (χ1n) is 5.41. The predicted octanol–water partition coefficient (Wildman–Crippen LogP) is 0.403. The second kappa shape index (κ2) is 5.22. The number of aryl methyl sites for hydroxylation is 1. The molecule has 0 fully saturated rings. The van der Waals surface area contributed by atoms with Gasteiger partial charge in [-0.3, -0.25) is 9.59 Å². The van der Waals surface area contributed by atoms with Crippen LogP contribution < -0.4 is 10.9 Å². The Morgan fingerprint density at radius 2 is 2.22 bits per heavy atom. The Morgan fingerprint density at radius 3 is 2.94 bits per heavy atom. The average Bonchev–Trinajstić information content (AvgIpc) is 2.36. The molecule has 2 aromatic rings. The largest absolute Gasteiger partial charge is 0.345 e. The molecule has 0 radical (unpaired) electrons. The number of aromatic amines is 1. The molecular weight excluding hydrogens is 232 g/mol. The molecule has 0 aliphatic carbocycles. The van der Waals surface area contributed by atoms with Gasteiger partial charge in [0.25, 0.3) is 5.91 Å². The van der Waals surface area contributed by atoms with Gasteiger partial charge in [-0.25, -0.2) is 9.97 Å². The average molecular weight is 244 g/mol. The second-order valence-corrected chi connectivity index (χ2v) is 3.71. The van der Waals surface area contributed by atoms with Crippen molar-refractivity contribution >= 4 is 5.91 Å². The van der Waals surface area contributed by atoms with E-state index in [4.69, 9.17) is 0 Å². The number of amides is 1. The number of nitrogens with zero attached hydrogens (tertiary/aromatic N) is 2. The van der Waals surface area contributed by atoms with Crippen molar-refractivity contribution in [2.24, 2.45) is 0 Å². The van der Waals surface area contributed by atoms with Gasteiger partial charge in [-0.05, 0) is 19.1 Å². The Morgan fingerprint density at radius 1 is 1.39 bits per heavy atom. The summed E-state index contributed by atoms with van der Waals surface area (Å²) in [6.07, 6.45) is 1.63. The molecule has 0 aliphatic rings. The van der Waals surface area contributed by atoms with E-state index in [2.05, 4.69) is 20.3 Å². The zero-order chi connectivity index (χ0) is 13.0. The molecule has 18 heavy (non-hydrogen) atoms. The van der Waals surface area contributed by atoms with E-state index in [1.165, 1.54) is 12.1 Å². The van der Waals surface area contributed by atoms with Crippen LogP contribution in [0.25, 0.3) is 0 Å². The van der Waals surface area contributed by atoms with Crippen molar-refractivity contribution in [1.29, 1.82) is 0 Å². The normalized spacial score (nSPS) is 10.1. The van der Waals surface area contributed by atoms with E-state index in [1.807, 2.05) is 0 Å². The monoisotopic (exact) mass is 244 g/mol. The molecule has 1 amide bonds. The maximum absolute atomic E-state index is 11.7. The maximum atomic E-state index is 11.7. The van der Waals surface area contributed by atoms with Crippen LogP contribution in [0.4, 0.5) is 0 Å². The van der Waals surface area contributed by atoms with Gasteiger partial charge in [0.05, 0.1) is 12.2 Å². The maximum Gasteiger partial charge on any atom is 0.268 e. The van der Waals surface area contributed by atoms with Gasteiger partial charge >= 0.3 is 0 Å². The lowest BCUT2D eigenvalue weighted by atomic mass is 10.3. The minimum atomic E-state index is -0.344. The fourth-order valence-electron chi connectivity index (χ4n) is 1.45. The van der Waals surface area contributed by atoms with Crippen molar-refractivity contribution in [3.63, 3.8) is 0 Å². The van der Waals surface area contributed by atoms with Crippen LogP contribution in [-0.4, -0.2) is 20.9 Å². The Balaban J connectivity index is 2.03. The highest BCUT2D eigenvalue weighted by molar-refractivity contribution is 5.92. The van der Waals surface area contributed by atoms with Crippen LogP contribution in [0.15, 0.2) is 35.3 Å². The standard InChI is InChI=1S/C12H12N4O2/c1-8-13-6-5-9(15-8)7-14-12(18)10-3-2-4-11(17)16-10/h2-6H,7H2,1H3,(H,14,18)(H,16,17). The van der Waals surface area contributed by atoms with E-state index < -0.39 is 0 Å². The molecule has 2 rings (SSSR count). The van der Waals surface area contributed by atoms with Crippen molar-refractivity contribution in [1.82, 2.24) is 20.3 Å². The highest BCUT2D eigenvalue weighted by atomic mass is 16.2. The molecule has 0 saturated carbocycles. The summed E-state index contributed by atoms with van der Waals surface area (Å²) in [5, 5.41) is 2.67. The Bertz CT molecular complexity index is 621. The summed E-state index contributed by atoms with van der Waals surface area (Å²) in [6, 6.07) is 6.15. The summed E-state index contributed by atoms with van der Waals surface area (Å²) >= 11 is 0. The highest BCUT2D eigenvalue weighted by Crippen LogP contribution is 1.96. The first kappa shape index (κ1) is 12.0. The highest BCUT2D eigenvalue weighted by Gasteiger charge is 2.06. The smallest absolute Gasteiger partial charge is 0.268 e. The fourth-order valence-corrected chi connectivity index (χ4v) is 1.45. The number of carbonyl (C=O) groups is 1. The van der Waals surface area contributed by atoms with Gasteiger partial charge in [-0.2, -0.15) is 0 Å². The molecule has 6 nitrogen and oxygen atoms in total. The van der Waals surface area contributed by atoms with Crippen LogP contribution in [0.3, 0.4) is 0 Å². The van der Waals surface area contributed by atoms with E-state index in [9.17, 15) is 9.59 Å². The van der Waals surface area contributed by atoms with E-state index in [-0.39, 0.29) is 17.2 Å². The van der Waals surface area contributed by atoms with Crippen LogP contribution in [0, 0.1) is 6.92 Å². The third kappa shape index (κ3) is 3.00. The number of nitrogens with one attached hydrogen (secondary N) is 2. The molecule has 6 heteroatoms. The number of rotatable bonds is 3. The third-order valence-corrected chi connectivity index (χ3v) is 2.28. The predicted molar refractivity (Wildman–Crippen MR) is 65.0 cm³/mol. The van der Waals surface area contributed by atoms with E-state index in [1.54, 1.807) is 25.3 Å². The first-order chi connectivity index (χ1) is 8.65. The molecule has 2 heterocycles. The number of aromatic nitrogens is 3. The minimum Gasteiger partial charge on any atom is -0.345 e. The Kier molecular flexibility index (Phi) is 3.47. The van der Waals surface area contributed by atoms with Crippen molar-refractivity contribution in [2.75, 3.05) is 0 Å².